The zero-order chi connectivity index (χ0) is 50.0. The molecule has 0 unspecified atom stereocenters. The maximum atomic E-state index is 12.9. The molecule has 0 saturated heterocycles. The summed E-state index contributed by atoms with van der Waals surface area (Å²) in [7, 11) is 0. The summed E-state index contributed by atoms with van der Waals surface area (Å²) < 4.78 is 16.9. The minimum absolute atomic E-state index is 0.0809. The number of hydrogen-bond acceptors (Lipinski definition) is 6. The van der Waals surface area contributed by atoms with Gasteiger partial charge in [0.1, 0.15) is 13.2 Å². The van der Waals surface area contributed by atoms with Crippen LogP contribution in [-0.2, 0) is 28.6 Å². The van der Waals surface area contributed by atoms with E-state index in [1.807, 2.05) is 0 Å². The lowest BCUT2D eigenvalue weighted by Crippen LogP contribution is -2.30. The van der Waals surface area contributed by atoms with E-state index < -0.39 is 6.10 Å². The Balaban J connectivity index is 4.36. The first kappa shape index (κ1) is 66.1. The molecule has 0 fully saturated rings. The maximum Gasteiger partial charge on any atom is 0.306 e. The fourth-order valence-electron chi connectivity index (χ4n) is 8.51. The largest absolute Gasteiger partial charge is 0.462 e. The zero-order valence-electron chi connectivity index (χ0n) is 45.8. The van der Waals surface area contributed by atoms with Gasteiger partial charge in [0.15, 0.2) is 6.10 Å². The Morgan fingerprint density at radius 2 is 0.565 bits per heavy atom. The van der Waals surface area contributed by atoms with Gasteiger partial charge in [-0.2, -0.15) is 0 Å². The summed E-state index contributed by atoms with van der Waals surface area (Å²) in [4.78, 5) is 38.2. The van der Waals surface area contributed by atoms with Crippen LogP contribution in [0.1, 0.15) is 303 Å². The van der Waals surface area contributed by atoms with Gasteiger partial charge in [-0.3, -0.25) is 14.4 Å². The van der Waals surface area contributed by atoms with Crippen molar-refractivity contribution in [2.24, 2.45) is 0 Å². The molecule has 0 aliphatic rings. The Labute approximate surface area is 428 Å². The zero-order valence-corrected chi connectivity index (χ0v) is 45.8. The van der Waals surface area contributed by atoms with Crippen molar-refractivity contribution in [1.29, 1.82) is 0 Å². The van der Waals surface area contributed by atoms with Crippen LogP contribution in [0.2, 0.25) is 0 Å². The van der Waals surface area contributed by atoms with Crippen molar-refractivity contribution >= 4 is 17.9 Å². The first-order valence-corrected chi connectivity index (χ1v) is 29.8. The molecule has 0 aromatic carbocycles. The van der Waals surface area contributed by atoms with E-state index in [0.29, 0.717) is 19.3 Å². The summed E-state index contributed by atoms with van der Waals surface area (Å²) >= 11 is 0. The van der Waals surface area contributed by atoms with Crippen molar-refractivity contribution in [2.45, 2.75) is 309 Å². The molecule has 0 saturated carbocycles. The number of hydrogen-bond donors (Lipinski definition) is 0. The molecule has 0 radical (unpaired) electrons. The van der Waals surface area contributed by atoms with E-state index in [0.717, 1.165) is 96.3 Å². The van der Waals surface area contributed by atoms with Crippen LogP contribution in [0.15, 0.2) is 60.8 Å². The Kier molecular flexibility index (Phi) is 55.3. The van der Waals surface area contributed by atoms with E-state index in [1.165, 1.54) is 167 Å². The fourth-order valence-corrected chi connectivity index (χ4v) is 8.51. The normalized spacial score (nSPS) is 12.4. The molecule has 0 N–H and O–H groups in total. The van der Waals surface area contributed by atoms with Gasteiger partial charge in [0, 0.05) is 19.3 Å². The van der Waals surface area contributed by atoms with Gasteiger partial charge in [-0.05, 0) is 103 Å². The second kappa shape index (κ2) is 57.7. The summed E-state index contributed by atoms with van der Waals surface area (Å²) in [5.74, 6) is -0.891. The van der Waals surface area contributed by atoms with Crippen LogP contribution in [0.5, 0.6) is 0 Å². The highest BCUT2D eigenvalue weighted by atomic mass is 16.6. The first-order valence-electron chi connectivity index (χ1n) is 29.8. The molecule has 0 heterocycles. The van der Waals surface area contributed by atoms with Crippen molar-refractivity contribution in [3.05, 3.63) is 60.8 Å². The smallest absolute Gasteiger partial charge is 0.306 e. The second-order valence-electron chi connectivity index (χ2n) is 19.9. The predicted molar refractivity (Wildman–Crippen MR) is 298 cm³/mol. The topological polar surface area (TPSA) is 78.9 Å². The lowest BCUT2D eigenvalue weighted by atomic mass is 10.0. The van der Waals surface area contributed by atoms with Crippen LogP contribution >= 0.6 is 0 Å². The molecule has 6 heteroatoms. The molecular weight excluding hydrogens is 853 g/mol. The minimum atomic E-state index is -0.783. The van der Waals surface area contributed by atoms with Crippen LogP contribution < -0.4 is 0 Å². The summed E-state index contributed by atoms with van der Waals surface area (Å²) in [6.45, 7) is 6.52. The van der Waals surface area contributed by atoms with Crippen molar-refractivity contribution in [3.63, 3.8) is 0 Å². The Morgan fingerprint density at radius 3 is 0.913 bits per heavy atom. The van der Waals surface area contributed by atoms with E-state index in [2.05, 4.69) is 81.5 Å². The van der Waals surface area contributed by atoms with Gasteiger partial charge in [-0.1, -0.05) is 242 Å². The number of carbonyl (C=O) groups excluding carboxylic acids is 3. The quantitative estimate of drug-likeness (QED) is 0.0262. The summed E-state index contributed by atoms with van der Waals surface area (Å²) in [5.41, 5.74) is 0. The number of esters is 3. The highest BCUT2D eigenvalue weighted by molar-refractivity contribution is 5.71. The van der Waals surface area contributed by atoms with E-state index in [-0.39, 0.29) is 31.1 Å². The van der Waals surface area contributed by atoms with Gasteiger partial charge in [-0.25, -0.2) is 0 Å². The number of carbonyl (C=O) groups is 3. The van der Waals surface area contributed by atoms with Crippen LogP contribution in [0, 0.1) is 0 Å². The summed E-state index contributed by atoms with van der Waals surface area (Å²) in [5, 5.41) is 0. The Morgan fingerprint density at radius 1 is 0.304 bits per heavy atom. The maximum absolute atomic E-state index is 12.9. The van der Waals surface area contributed by atoms with Crippen molar-refractivity contribution in [1.82, 2.24) is 0 Å². The second-order valence-corrected chi connectivity index (χ2v) is 19.9. The van der Waals surface area contributed by atoms with E-state index in [9.17, 15) is 14.4 Å². The molecule has 0 aromatic heterocycles. The molecule has 0 rings (SSSR count). The molecule has 0 amide bonds. The molecule has 0 bridgehead atoms. The third-order valence-electron chi connectivity index (χ3n) is 13.0. The average Bonchev–Trinajstić information content (AvgIpc) is 3.35. The molecule has 0 aliphatic carbocycles. The van der Waals surface area contributed by atoms with E-state index in [4.69, 9.17) is 14.2 Å². The van der Waals surface area contributed by atoms with Gasteiger partial charge in [-0.15, -0.1) is 0 Å². The Bertz CT molecular complexity index is 1250. The van der Waals surface area contributed by atoms with Gasteiger partial charge >= 0.3 is 17.9 Å². The van der Waals surface area contributed by atoms with Crippen molar-refractivity contribution < 1.29 is 28.6 Å². The number of unbranched alkanes of at least 4 members (excludes halogenated alkanes) is 33. The summed E-state index contributed by atoms with van der Waals surface area (Å²) in [6.07, 6.45) is 72.1. The molecule has 69 heavy (non-hydrogen) atoms. The number of allylic oxidation sites excluding steroid dienone is 10. The molecule has 400 valence electrons. The molecular formula is C63H112O6. The van der Waals surface area contributed by atoms with E-state index in [1.54, 1.807) is 0 Å². The third-order valence-corrected chi connectivity index (χ3v) is 13.0. The van der Waals surface area contributed by atoms with Gasteiger partial charge < -0.3 is 14.2 Å². The SMILES string of the molecule is CC/C=C\C/C=C\C/C=C\CCCCCCCC(=O)OC[C@H](COC(=O)CCCCCCCCC/C=C\CCCCCC)OC(=O)CCCCCCCCCCCCC/C=C\CCCCCCCC. The summed E-state index contributed by atoms with van der Waals surface area (Å²) in [6, 6.07) is 0. The first-order chi connectivity index (χ1) is 34.0. The molecule has 0 aliphatic heterocycles. The fraction of sp³-hybridized carbons (Fsp3) is 0.794. The van der Waals surface area contributed by atoms with Crippen LogP contribution in [0.4, 0.5) is 0 Å². The average molecular weight is 966 g/mol. The lowest BCUT2D eigenvalue weighted by molar-refractivity contribution is -0.167. The monoisotopic (exact) mass is 965 g/mol. The molecule has 6 nitrogen and oxygen atoms in total. The Hall–Kier alpha value is -2.89. The molecule has 0 spiro atoms. The standard InChI is InChI=1S/C63H112O6/c1-4-7-10-13-16-19-22-25-28-29-30-31-32-33-36-39-42-45-48-51-54-57-63(66)69-60(58-67-61(64)55-52-49-46-43-40-37-34-26-23-20-17-14-11-8-5-2)59-68-62(65)56-53-50-47-44-41-38-35-27-24-21-18-15-12-9-6-3/h8,11,17,20-21,24-26,28,34,60H,4-7,9-10,12-16,18-19,22-23,27,29-33,35-59H2,1-3H3/b11-8-,20-17-,24-21-,28-25-,34-26-/t60-/m1/s1. The lowest BCUT2D eigenvalue weighted by Gasteiger charge is -2.18. The van der Waals surface area contributed by atoms with Crippen molar-refractivity contribution in [2.75, 3.05) is 13.2 Å². The van der Waals surface area contributed by atoms with E-state index >= 15 is 0 Å². The predicted octanol–water partition coefficient (Wildman–Crippen LogP) is 20.0. The van der Waals surface area contributed by atoms with Crippen molar-refractivity contribution in [3.8, 4) is 0 Å². The minimum Gasteiger partial charge on any atom is -0.462 e. The molecule has 0 aromatic rings. The van der Waals surface area contributed by atoms with Gasteiger partial charge in [0.25, 0.3) is 0 Å². The van der Waals surface area contributed by atoms with Crippen LogP contribution in [-0.4, -0.2) is 37.2 Å². The number of ether oxygens (including phenoxy) is 3. The molecule has 1 atom stereocenters. The van der Waals surface area contributed by atoms with Crippen LogP contribution in [0.25, 0.3) is 0 Å². The van der Waals surface area contributed by atoms with Gasteiger partial charge in [0.2, 0.25) is 0 Å². The third kappa shape index (κ3) is 55.9. The number of rotatable bonds is 54. The highest BCUT2D eigenvalue weighted by Gasteiger charge is 2.19. The van der Waals surface area contributed by atoms with Gasteiger partial charge in [0.05, 0.1) is 0 Å². The van der Waals surface area contributed by atoms with Crippen LogP contribution in [0.3, 0.4) is 0 Å². The highest BCUT2D eigenvalue weighted by Crippen LogP contribution is 2.16.